The zero-order valence-corrected chi connectivity index (χ0v) is 9.10. The lowest BCUT2D eigenvalue weighted by molar-refractivity contribution is -0.116. The Morgan fingerprint density at radius 1 is 1.75 bits per heavy atom. The van der Waals surface area contributed by atoms with Gasteiger partial charge >= 0.3 is 0 Å². The SMILES string of the molecule is C=CCNC(=O)C(C#N)=Cc1cccn1C. The van der Waals surface area contributed by atoms with Gasteiger partial charge in [-0.25, -0.2) is 0 Å². The Balaban J connectivity index is 2.87. The highest BCUT2D eigenvalue weighted by molar-refractivity contribution is 6.01. The maximum absolute atomic E-state index is 11.5. The summed E-state index contributed by atoms with van der Waals surface area (Å²) in [6, 6.07) is 5.56. The first-order chi connectivity index (χ1) is 7.69. The van der Waals surface area contributed by atoms with Crippen LogP contribution < -0.4 is 5.32 Å². The van der Waals surface area contributed by atoms with Crippen molar-refractivity contribution >= 4 is 12.0 Å². The van der Waals surface area contributed by atoms with Crippen LogP contribution in [-0.4, -0.2) is 17.0 Å². The summed E-state index contributed by atoms with van der Waals surface area (Å²) in [5.41, 5.74) is 0.897. The molecule has 16 heavy (non-hydrogen) atoms. The number of nitriles is 1. The molecule has 4 heteroatoms. The summed E-state index contributed by atoms with van der Waals surface area (Å²) in [4.78, 5) is 11.5. The van der Waals surface area contributed by atoms with Gasteiger partial charge in [0.2, 0.25) is 0 Å². The van der Waals surface area contributed by atoms with Crippen molar-refractivity contribution in [1.82, 2.24) is 9.88 Å². The van der Waals surface area contributed by atoms with Crippen LogP contribution in [0.2, 0.25) is 0 Å². The average Bonchev–Trinajstić information content (AvgIpc) is 2.68. The minimum atomic E-state index is -0.386. The van der Waals surface area contributed by atoms with Crippen LogP contribution in [0.15, 0.2) is 36.6 Å². The first-order valence-electron chi connectivity index (χ1n) is 4.81. The molecule has 0 radical (unpaired) electrons. The maximum atomic E-state index is 11.5. The number of hydrogen-bond donors (Lipinski definition) is 1. The number of nitrogens with zero attached hydrogens (tertiary/aromatic N) is 2. The Morgan fingerprint density at radius 2 is 2.50 bits per heavy atom. The molecule has 0 fully saturated rings. The van der Waals surface area contributed by atoms with Crippen LogP contribution in [0.5, 0.6) is 0 Å². The van der Waals surface area contributed by atoms with E-state index in [4.69, 9.17) is 5.26 Å². The first-order valence-corrected chi connectivity index (χ1v) is 4.81. The lowest BCUT2D eigenvalue weighted by atomic mass is 10.2. The van der Waals surface area contributed by atoms with Gasteiger partial charge in [0.15, 0.2) is 0 Å². The zero-order chi connectivity index (χ0) is 12.0. The minimum absolute atomic E-state index is 0.0867. The molecule has 0 saturated heterocycles. The number of hydrogen-bond acceptors (Lipinski definition) is 2. The van der Waals surface area contributed by atoms with Gasteiger partial charge in [-0.1, -0.05) is 6.08 Å². The molecule has 0 spiro atoms. The van der Waals surface area contributed by atoms with E-state index in [2.05, 4.69) is 11.9 Å². The molecular weight excluding hydrogens is 202 g/mol. The topological polar surface area (TPSA) is 57.8 Å². The van der Waals surface area contributed by atoms with Gasteiger partial charge < -0.3 is 9.88 Å². The van der Waals surface area contributed by atoms with Gasteiger partial charge in [-0.15, -0.1) is 6.58 Å². The average molecular weight is 215 g/mol. The normalized spacial score (nSPS) is 10.6. The maximum Gasteiger partial charge on any atom is 0.262 e. The van der Waals surface area contributed by atoms with Crippen molar-refractivity contribution in [1.29, 1.82) is 5.26 Å². The number of nitrogens with one attached hydrogen (secondary N) is 1. The molecule has 0 aromatic carbocycles. The Hall–Kier alpha value is -2.28. The molecule has 1 heterocycles. The van der Waals surface area contributed by atoms with Crippen molar-refractivity contribution in [3.63, 3.8) is 0 Å². The van der Waals surface area contributed by atoms with Gasteiger partial charge in [-0.3, -0.25) is 4.79 Å². The number of carbonyl (C=O) groups is 1. The summed E-state index contributed by atoms with van der Waals surface area (Å²) in [5, 5.41) is 11.4. The summed E-state index contributed by atoms with van der Waals surface area (Å²) < 4.78 is 1.83. The fourth-order valence-corrected chi connectivity index (χ4v) is 1.18. The Morgan fingerprint density at radius 3 is 3.00 bits per heavy atom. The lowest BCUT2D eigenvalue weighted by Crippen LogP contribution is -2.24. The molecule has 1 amide bonds. The first kappa shape index (κ1) is 11.8. The Bertz CT molecular complexity index is 463. The van der Waals surface area contributed by atoms with Gasteiger partial charge in [0.25, 0.3) is 5.91 Å². The van der Waals surface area contributed by atoms with Gasteiger partial charge in [0, 0.05) is 25.5 Å². The molecule has 0 saturated carbocycles. The van der Waals surface area contributed by atoms with Gasteiger partial charge in [-0.05, 0) is 18.2 Å². The minimum Gasteiger partial charge on any atom is -0.351 e. The lowest BCUT2D eigenvalue weighted by Gasteiger charge is -2.01. The third-order valence-electron chi connectivity index (χ3n) is 2.05. The van der Waals surface area contributed by atoms with Crippen LogP contribution in [0.3, 0.4) is 0 Å². The molecule has 1 N–H and O–H groups in total. The third-order valence-corrected chi connectivity index (χ3v) is 2.05. The second-order valence-electron chi connectivity index (χ2n) is 3.21. The standard InChI is InChI=1S/C12H13N3O/c1-3-6-14-12(16)10(9-13)8-11-5-4-7-15(11)2/h3-5,7-8H,1,6H2,2H3,(H,14,16). The molecule has 0 atom stereocenters. The van der Waals surface area contributed by atoms with E-state index in [1.807, 2.05) is 36.0 Å². The number of rotatable bonds is 4. The molecule has 0 aliphatic carbocycles. The highest BCUT2D eigenvalue weighted by atomic mass is 16.1. The molecule has 82 valence electrons. The van der Waals surface area contributed by atoms with Crippen LogP contribution in [0.25, 0.3) is 6.08 Å². The number of aromatic nitrogens is 1. The molecule has 1 aromatic heterocycles. The van der Waals surface area contributed by atoms with Crippen molar-refractivity contribution in [2.75, 3.05) is 6.54 Å². The molecule has 0 bridgehead atoms. The summed E-state index contributed by atoms with van der Waals surface area (Å²) in [6.07, 6.45) is 4.97. The van der Waals surface area contributed by atoms with Crippen LogP contribution in [-0.2, 0) is 11.8 Å². The fraction of sp³-hybridized carbons (Fsp3) is 0.167. The Labute approximate surface area is 94.5 Å². The third kappa shape index (κ3) is 2.85. The van der Waals surface area contributed by atoms with Crippen molar-refractivity contribution in [2.45, 2.75) is 0 Å². The van der Waals surface area contributed by atoms with E-state index in [0.29, 0.717) is 6.54 Å². The number of aryl methyl sites for hydroxylation is 1. The molecule has 0 aliphatic heterocycles. The summed E-state index contributed by atoms with van der Waals surface area (Å²) in [5.74, 6) is -0.386. The van der Waals surface area contributed by atoms with Crippen molar-refractivity contribution in [2.24, 2.45) is 7.05 Å². The van der Waals surface area contributed by atoms with E-state index in [1.54, 1.807) is 12.2 Å². The van der Waals surface area contributed by atoms with Crippen molar-refractivity contribution < 1.29 is 4.79 Å². The highest BCUT2D eigenvalue weighted by Crippen LogP contribution is 2.06. The van der Waals surface area contributed by atoms with E-state index >= 15 is 0 Å². The molecule has 0 aliphatic rings. The molecule has 0 unspecified atom stereocenters. The summed E-state index contributed by atoms with van der Waals surface area (Å²) in [7, 11) is 1.85. The van der Waals surface area contributed by atoms with E-state index < -0.39 is 0 Å². The van der Waals surface area contributed by atoms with Crippen molar-refractivity contribution in [3.05, 3.63) is 42.3 Å². The zero-order valence-electron chi connectivity index (χ0n) is 9.10. The van der Waals surface area contributed by atoms with Crippen molar-refractivity contribution in [3.8, 4) is 6.07 Å². The van der Waals surface area contributed by atoms with Gasteiger partial charge in [-0.2, -0.15) is 5.26 Å². The summed E-state index contributed by atoms with van der Waals surface area (Å²) >= 11 is 0. The fourth-order valence-electron chi connectivity index (χ4n) is 1.18. The highest BCUT2D eigenvalue weighted by Gasteiger charge is 2.07. The second-order valence-corrected chi connectivity index (χ2v) is 3.21. The van der Waals surface area contributed by atoms with Crippen LogP contribution in [0.4, 0.5) is 0 Å². The molecule has 4 nitrogen and oxygen atoms in total. The number of carbonyl (C=O) groups excluding carboxylic acids is 1. The van der Waals surface area contributed by atoms with E-state index in [9.17, 15) is 4.79 Å². The molecule has 1 aromatic rings. The molecular formula is C12H13N3O. The van der Waals surface area contributed by atoms with Gasteiger partial charge in [0.05, 0.1) is 0 Å². The van der Waals surface area contributed by atoms with Crippen LogP contribution >= 0.6 is 0 Å². The summed E-state index contributed by atoms with van der Waals surface area (Å²) in [6.45, 7) is 3.84. The number of amides is 1. The molecule has 1 rings (SSSR count). The van der Waals surface area contributed by atoms with E-state index in [-0.39, 0.29) is 11.5 Å². The van der Waals surface area contributed by atoms with E-state index in [1.165, 1.54) is 0 Å². The second kappa shape index (κ2) is 5.56. The predicted octanol–water partition coefficient (Wildman–Crippen LogP) is 1.23. The monoisotopic (exact) mass is 215 g/mol. The quantitative estimate of drug-likeness (QED) is 0.466. The van der Waals surface area contributed by atoms with Crippen LogP contribution in [0, 0.1) is 11.3 Å². The Kier molecular flexibility index (Phi) is 4.10. The largest absolute Gasteiger partial charge is 0.351 e. The smallest absolute Gasteiger partial charge is 0.262 e. The predicted molar refractivity (Wildman–Crippen MR) is 62.2 cm³/mol. The van der Waals surface area contributed by atoms with Crippen LogP contribution in [0.1, 0.15) is 5.69 Å². The van der Waals surface area contributed by atoms with E-state index in [0.717, 1.165) is 5.69 Å². The van der Waals surface area contributed by atoms with Gasteiger partial charge in [0.1, 0.15) is 11.6 Å².